The zero-order valence-corrected chi connectivity index (χ0v) is 13.3. The molecule has 2 N–H and O–H groups in total. The van der Waals surface area contributed by atoms with Crippen LogP contribution in [0.1, 0.15) is 12.5 Å². The highest BCUT2D eigenvalue weighted by atomic mass is 16.5. The van der Waals surface area contributed by atoms with Crippen molar-refractivity contribution in [1.29, 1.82) is 0 Å². The maximum atomic E-state index is 11.9. The summed E-state index contributed by atoms with van der Waals surface area (Å²) in [6.07, 6.45) is 1.61. The van der Waals surface area contributed by atoms with Crippen LogP contribution in [-0.4, -0.2) is 30.8 Å². The molecular formula is C17H21N3O3. The molecule has 122 valence electrons. The van der Waals surface area contributed by atoms with Gasteiger partial charge in [-0.2, -0.15) is 0 Å². The van der Waals surface area contributed by atoms with Crippen LogP contribution in [0.4, 0.5) is 10.5 Å². The second kappa shape index (κ2) is 8.63. The Morgan fingerprint density at radius 3 is 2.70 bits per heavy atom. The fourth-order valence-electron chi connectivity index (χ4n) is 1.87. The third kappa shape index (κ3) is 5.50. The van der Waals surface area contributed by atoms with Gasteiger partial charge in [-0.05, 0) is 38.1 Å². The minimum Gasteiger partial charge on any atom is -0.492 e. The summed E-state index contributed by atoms with van der Waals surface area (Å²) < 4.78 is 10.9. The monoisotopic (exact) mass is 315 g/mol. The molecule has 23 heavy (non-hydrogen) atoms. The van der Waals surface area contributed by atoms with Gasteiger partial charge < -0.3 is 20.1 Å². The summed E-state index contributed by atoms with van der Waals surface area (Å²) in [5, 5.41) is 5.43. The summed E-state index contributed by atoms with van der Waals surface area (Å²) >= 11 is 0. The van der Waals surface area contributed by atoms with Crippen molar-refractivity contribution < 1.29 is 14.3 Å². The molecule has 0 radical (unpaired) electrons. The average Bonchev–Trinajstić information content (AvgIpc) is 2.55. The predicted octanol–water partition coefficient (Wildman–Crippen LogP) is 2.99. The number of hydrogen-bond acceptors (Lipinski definition) is 4. The Labute approximate surface area is 135 Å². The standard InChI is InChI=1S/C17H21N3O3/c1-3-22-16-15(5-4-10-18-16)20-17(21)19-11-12-23-14-8-6-13(2)7-9-14/h4-10H,3,11-12H2,1-2H3,(H2,19,20,21). The summed E-state index contributed by atoms with van der Waals surface area (Å²) in [6.45, 7) is 5.15. The predicted molar refractivity (Wildman–Crippen MR) is 89.1 cm³/mol. The molecule has 0 unspecified atom stereocenters. The summed E-state index contributed by atoms with van der Waals surface area (Å²) in [4.78, 5) is 15.9. The molecule has 0 saturated heterocycles. The highest BCUT2D eigenvalue weighted by Gasteiger charge is 2.07. The van der Waals surface area contributed by atoms with E-state index in [4.69, 9.17) is 9.47 Å². The molecule has 0 fully saturated rings. The number of rotatable bonds is 7. The molecule has 2 amide bonds. The summed E-state index contributed by atoms with van der Waals surface area (Å²) in [5.74, 6) is 1.18. The Bertz CT molecular complexity index is 629. The summed E-state index contributed by atoms with van der Waals surface area (Å²) in [6, 6.07) is 10.9. The van der Waals surface area contributed by atoms with E-state index in [1.165, 1.54) is 5.56 Å². The molecule has 0 aliphatic carbocycles. The van der Waals surface area contributed by atoms with Gasteiger partial charge >= 0.3 is 6.03 Å². The minimum atomic E-state index is -0.327. The van der Waals surface area contributed by atoms with Gasteiger partial charge in [-0.15, -0.1) is 0 Å². The van der Waals surface area contributed by atoms with Crippen LogP contribution in [0.3, 0.4) is 0 Å². The molecule has 0 aliphatic rings. The average molecular weight is 315 g/mol. The molecule has 0 bridgehead atoms. The Balaban J connectivity index is 1.74. The van der Waals surface area contributed by atoms with Gasteiger partial charge in [0.2, 0.25) is 5.88 Å². The first-order valence-corrected chi connectivity index (χ1v) is 7.51. The van der Waals surface area contributed by atoms with E-state index < -0.39 is 0 Å². The molecule has 6 nitrogen and oxygen atoms in total. The van der Waals surface area contributed by atoms with Crippen molar-refractivity contribution in [3.63, 3.8) is 0 Å². The summed E-state index contributed by atoms with van der Waals surface area (Å²) in [7, 11) is 0. The van der Waals surface area contributed by atoms with E-state index >= 15 is 0 Å². The highest BCUT2D eigenvalue weighted by Crippen LogP contribution is 2.20. The zero-order chi connectivity index (χ0) is 16.5. The van der Waals surface area contributed by atoms with E-state index in [9.17, 15) is 4.79 Å². The molecule has 0 saturated carbocycles. The molecule has 0 aliphatic heterocycles. The quantitative estimate of drug-likeness (QED) is 0.770. The Kier molecular flexibility index (Phi) is 6.23. The highest BCUT2D eigenvalue weighted by molar-refractivity contribution is 5.90. The zero-order valence-electron chi connectivity index (χ0n) is 13.3. The molecule has 2 rings (SSSR count). The van der Waals surface area contributed by atoms with Crippen molar-refractivity contribution in [2.24, 2.45) is 0 Å². The summed E-state index contributed by atoms with van der Waals surface area (Å²) in [5.41, 5.74) is 1.71. The Morgan fingerprint density at radius 2 is 1.96 bits per heavy atom. The molecule has 2 aromatic rings. The Morgan fingerprint density at radius 1 is 1.17 bits per heavy atom. The largest absolute Gasteiger partial charge is 0.492 e. The number of hydrogen-bond donors (Lipinski definition) is 2. The van der Waals surface area contributed by atoms with Crippen LogP contribution in [0.25, 0.3) is 0 Å². The second-order valence-corrected chi connectivity index (χ2v) is 4.83. The second-order valence-electron chi connectivity index (χ2n) is 4.83. The molecular weight excluding hydrogens is 294 g/mol. The maximum Gasteiger partial charge on any atom is 0.319 e. The molecule has 6 heteroatoms. The van der Waals surface area contributed by atoms with Crippen LogP contribution in [0, 0.1) is 6.92 Å². The van der Waals surface area contributed by atoms with Crippen molar-refractivity contribution in [1.82, 2.24) is 10.3 Å². The van der Waals surface area contributed by atoms with E-state index in [0.29, 0.717) is 31.3 Å². The number of aryl methyl sites for hydroxylation is 1. The number of carbonyl (C=O) groups is 1. The number of ether oxygens (including phenoxy) is 2. The Hall–Kier alpha value is -2.76. The van der Waals surface area contributed by atoms with Gasteiger partial charge in [-0.3, -0.25) is 0 Å². The van der Waals surface area contributed by atoms with Crippen molar-refractivity contribution in [2.45, 2.75) is 13.8 Å². The topological polar surface area (TPSA) is 72.5 Å². The lowest BCUT2D eigenvalue weighted by Gasteiger charge is -2.11. The van der Waals surface area contributed by atoms with Crippen molar-refractivity contribution in [2.75, 3.05) is 25.1 Å². The van der Waals surface area contributed by atoms with E-state index in [2.05, 4.69) is 15.6 Å². The van der Waals surface area contributed by atoms with Crippen LogP contribution < -0.4 is 20.1 Å². The van der Waals surface area contributed by atoms with Gasteiger partial charge in [0.1, 0.15) is 18.0 Å². The molecule has 0 spiro atoms. The van der Waals surface area contributed by atoms with Gasteiger partial charge in [0, 0.05) is 6.20 Å². The number of benzene rings is 1. The van der Waals surface area contributed by atoms with Crippen LogP contribution in [0.2, 0.25) is 0 Å². The fourth-order valence-corrected chi connectivity index (χ4v) is 1.87. The number of nitrogens with zero attached hydrogens (tertiary/aromatic N) is 1. The lowest BCUT2D eigenvalue weighted by Crippen LogP contribution is -2.32. The molecule has 0 atom stereocenters. The first-order chi connectivity index (χ1) is 11.2. The van der Waals surface area contributed by atoms with Crippen LogP contribution in [-0.2, 0) is 0 Å². The van der Waals surface area contributed by atoms with Gasteiger partial charge in [-0.1, -0.05) is 17.7 Å². The maximum absolute atomic E-state index is 11.9. The van der Waals surface area contributed by atoms with Gasteiger partial charge in [0.25, 0.3) is 0 Å². The SMILES string of the molecule is CCOc1ncccc1NC(=O)NCCOc1ccc(C)cc1. The van der Waals surface area contributed by atoms with Crippen molar-refractivity contribution >= 4 is 11.7 Å². The third-order valence-electron chi connectivity index (χ3n) is 2.98. The minimum absolute atomic E-state index is 0.327. The fraction of sp³-hybridized carbons (Fsp3) is 0.294. The lowest BCUT2D eigenvalue weighted by atomic mass is 10.2. The van der Waals surface area contributed by atoms with Gasteiger partial charge in [-0.25, -0.2) is 9.78 Å². The number of pyridine rings is 1. The lowest BCUT2D eigenvalue weighted by molar-refractivity contribution is 0.247. The number of amides is 2. The molecule has 1 aromatic heterocycles. The van der Waals surface area contributed by atoms with Crippen LogP contribution >= 0.6 is 0 Å². The smallest absolute Gasteiger partial charge is 0.319 e. The van der Waals surface area contributed by atoms with Crippen LogP contribution in [0.15, 0.2) is 42.6 Å². The number of anilines is 1. The van der Waals surface area contributed by atoms with E-state index in [0.717, 1.165) is 5.75 Å². The number of nitrogens with one attached hydrogen (secondary N) is 2. The van der Waals surface area contributed by atoms with Crippen LogP contribution in [0.5, 0.6) is 11.6 Å². The van der Waals surface area contributed by atoms with Gasteiger partial charge in [0.05, 0.1) is 13.2 Å². The first-order valence-electron chi connectivity index (χ1n) is 7.51. The van der Waals surface area contributed by atoms with Crippen molar-refractivity contribution in [3.8, 4) is 11.6 Å². The van der Waals surface area contributed by atoms with Crippen molar-refractivity contribution in [3.05, 3.63) is 48.2 Å². The molecule has 1 aromatic carbocycles. The first kappa shape index (κ1) is 16.6. The third-order valence-corrected chi connectivity index (χ3v) is 2.98. The van der Waals surface area contributed by atoms with E-state index in [1.807, 2.05) is 38.1 Å². The van der Waals surface area contributed by atoms with Gasteiger partial charge in [0.15, 0.2) is 0 Å². The van der Waals surface area contributed by atoms with E-state index in [-0.39, 0.29) is 6.03 Å². The number of urea groups is 1. The number of carbonyl (C=O) groups excluding carboxylic acids is 1. The van der Waals surface area contributed by atoms with E-state index in [1.54, 1.807) is 18.3 Å². The number of aromatic nitrogens is 1. The normalized spacial score (nSPS) is 10.0. The molecule has 1 heterocycles.